The van der Waals surface area contributed by atoms with Crippen LogP contribution in [0.3, 0.4) is 0 Å². The molecule has 1 saturated heterocycles. The monoisotopic (exact) mass is 403 g/mol. The lowest BCUT2D eigenvalue weighted by Crippen LogP contribution is -2.27. The van der Waals surface area contributed by atoms with E-state index in [1.165, 1.54) is 0 Å². The van der Waals surface area contributed by atoms with Crippen LogP contribution in [-0.2, 0) is 10.0 Å². The Balaban J connectivity index is 1.60. The third-order valence-corrected chi connectivity index (χ3v) is 8.20. The minimum absolute atomic E-state index is 0.183. The fourth-order valence-corrected chi connectivity index (χ4v) is 5.91. The molecule has 2 aliphatic rings. The van der Waals surface area contributed by atoms with E-state index in [-0.39, 0.29) is 6.10 Å². The van der Waals surface area contributed by atoms with Crippen molar-refractivity contribution in [1.82, 2.24) is 14.1 Å². The number of hydrogen-bond acceptors (Lipinski definition) is 4. The highest BCUT2D eigenvalue weighted by atomic mass is 32.2. The van der Waals surface area contributed by atoms with Crippen molar-refractivity contribution in [2.75, 3.05) is 13.1 Å². The molecule has 0 atom stereocenters. The summed E-state index contributed by atoms with van der Waals surface area (Å²) in [4.78, 5) is 0.355. The molecule has 1 N–H and O–H groups in total. The van der Waals surface area contributed by atoms with Gasteiger partial charge in [0, 0.05) is 24.3 Å². The van der Waals surface area contributed by atoms with Gasteiger partial charge < -0.3 is 5.11 Å². The van der Waals surface area contributed by atoms with Crippen molar-refractivity contribution in [2.24, 2.45) is 0 Å². The number of nitrogens with zero attached hydrogens (tertiary/aromatic N) is 3. The van der Waals surface area contributed by atoms with Gasteiger partial charge in [0.1, 0.15) is 0 Å². The van der Waals surface area contributed by atoms with Crippen LogP contribution in [0.5, 0.6) is 0 Å². The van der Waals surface area contributed by atoms with Gasteiger partial charge in [0.15, 0.2) is 0 Å². The number of sulfonamides is 1. The number of hydrogen-bond donors (Lipinski definition) is 1. The van der Waals surface area contributed by atoms with Crippen molar-refractivity contribution in [1.29, 1.82) is 0 Å². The first-order valence-corrected chi connectivity index (χ1v) is 11.7. The molecule has 0 unspecified atom stereocenters. The number of benzene rings is 1. The maximum Gasteiger partial charge on any atom is 0.243 e. The molecule has 0 bridgehead atoms. The minimum atomic E-state index is -3.39. The highest BCUT2D eigenvalue weighted by molar-refractivity contribution is 7.89. The molecule has 1 saturated carbocycles. The second kappa shape index (κ2) is 7.61. The van der Waals surface area contributed by atoms with E-state index in [9.17, 15) is 13.5 Å². The van der Waals surface area contributed by atoms with Crippen LogP contribution < -0.4 is 0 Å². The van der Waals surface area contributed by atoms with E-state index < -0.39 is 10.0 Å². The third kappa shape index (κ3) is 3.51. The van der Waals surface area contributed by atoms with Crippen molar-refractivity contribution >= 4 is 10.0 Å². The molecule has 2 aromatic rings. The summed E-state index contributed by atoms with van der Waals surface area (Å²) in [6.07, 6.45) is 5.21. The van der Waals surface area contributed by atoms with Crippen LogP contribution in [-0.4, -0.2) is 46.8 Å². The van der Waals surface area contributed by atoms with Crippen molar-refractivity contribution < 1.29 is 13.5 Å². The third-order valence-electron chi connectivity index (χ3n) is 6.29. The van der Waals surface area contributed by atoms with Gasteiger partial charge in [-0.1, -0.05) is 12.1 Å². The van der Waals surface area contributed by atoms with Gasteiger partial charge in [-0.25, -0.2) is 8.42 Å². The van der Waals surface area contributed by atoms with Gasteiger partial charge in [-0.15, -0.1) is 0 Å². The van der Waals surface area contributed by atoms with Gasteiger partial charge >= 0.3 is 0 Å². The summed E-state index contributed by atoms with van der Waals surface area (Å²) < 4.78 is 29.1. The summed E-state index contributed by atoms with van der Waals surface area (Å²) in [6, 6.07) is 7.46. The second-order valence-corrected chi connectivity index (χ2v) is 10.0. The average Bonchev–Trinajstić information content (AvgIpc) is 3.33. The molecule has 1 aliphatic heterocycles. The second-order valence-electron chi connectivity index (χ2n) is 8.10. The fourth-order valence-electron chi connectivity index (χ4n) is 4.40. The Morgan fingerprint density at radius 3 is 2.21 bits per heavy atom. The Kier molecular flexibility index (Phi) is 5.33. The highest BCUT2D eigenvalue weighted by Gasteiger charge is 2.28. The van der Waals surface area contributed by atoms with Gasteiger partial charge in [0.25, 0.3) is 0 Å². The van der Waals surface area contributed by atoms with Crippen LogP contribution in [0.25, 0.3) is 11.3 Å². The lowest BCUT2D eigenvalue weighted by atomic mass is 9.93. The summed E-state index contributed by atoms with van der Waals surface area (Å²) in [5.74, 6) is 0. The van der Waals surface area contributed by atoms with Crippen molar-refractivity contribution in [3.63, 3.8) is 0 Å². The summed E-state index contributed by atoms with van der Waals surface area (Å²) in [7, 11) is -3.39. The van der Waals surface area contributed by atoms with Crippen LogP contribution in [0.15, 0.2) is 29.2 Å². The van der Waals surface area contributed by atoms with Gasteiger partial charge in [-0.3, -0.25) is 4.68 Å². The Bertz CT molecular complexity index is 936. The summed E-state index contributed by atoms with van der Waals surface area (Å²) in [5.41, 5.74) is 4.12. The maximum atomic E-state index is 12.7. The van der Waals surface area contributed by atoms with Crippen LogP contribution >= 0.6 is 0 Å². The first-order chi connectivity index (χ1) is 13.4. The molecule has 2 fully saturated rings. The Hall–Kier alpha value is -1.70. The normalized spacial score (nSPS) is 24.0. The number of aromatic nitrogens is 2. The van der Waals surface area contributed by atoms with E-state index in [0.29, 0.717) is 24.0 Å². The van der Waals surface area contributed by atoms with Crippen molar-refractivity contribution in [3.8, 4) is 11.3 Å². The molecule has 28 heavy (non-hydrogen) atoms. The predicted octanol–water partition coefficient (Wildman–Crippen LogP) is 3.43. The number of aliphatic hydroxyl groups is 1. The van der Waals surface area contributed by atoms with E-state index in [0.717, 1.165) is 61.0 Å². The van der Waals surface area contributed by atoms with Crippen LogP contribution in [0.2, 0.25) is 0 Å². The van der Waals surface area contributed by atoms with Crippen molar-refractivity contribution in [3.05, 3.63) is 35.5 Å². The molecule has 2 heterocycles. The van der Waals surface area contributed by atoms with Crippen molar-refractivity contribution in [2.45, 2.75) is 69.4 Å². The predicted molar refractivity (Wildman–Crippen MR) is 109 cm³/mol. The van der Waals surface area contributed by atoms with E-state index >= 15 is 0 Å². The van der Waals surface area contributed by atoms with Crippen LogP contribution in [0.4, 0.5) is 0 Å². The molecule has 0 spiro atoms. The zero-order chi connectivity index (χ0) is 19.9. The standard InChI is InChI=1S/C21H29N3O3S/c1-15-16(2)24(18-7-9-19(25)10-8-18)22-21(15)17-5-11-20(12-6-17)28(26,27)23-13-3-4-14-23/h5-6,11-12,18-19,25H,3-4,7-10,13-14H2,1-2H3. The summed E-state index contributed by atoms with van der Waals surface area (Å²) in [5, 5.41) is 14.6. The summed E-state index contributed by atoms with van der Waals surface area (Å²) >= 11 is 0. The molecule has 1 aromatic carbocycles. The quantitative estimate of drug-likeness (QED) is 0.849. The molecule has 6 nitrogen and oxygen atoms in total. The Morgan fingerprint density at radius 1 is 1.00 bits per heavy atom. The zero-order valence-electron chi connectivity index (χ0n) is 16.6. The molecule has 152 valence electrons. The minimum Gasteiger partial charge on any atom is -0.393 e. The van der Waals surface area contributed by atoms with E-state index in [1.807, 2.05) is 12.1 Å². The zero-order valence-corrected chi connectivity index (χ0v) is 17.5. The molecule has 1 aromatic heterocycles. The fraction of sp³-hybridized carbons (Fsp3) is 0.571. The van der Waals surface area contributed by atoms with E-state index in [4.69, 9.17) is 5.10 Å². The molecule has 0 radical (unpaired) electrons. The lowest BCUT2D eigenvalue weighted by molar-refractivity contribution is 0.107. The molecule has 7 heteroatoms. The number of aliphatic hydroxyl groups excluding tert-OH is 1. The van der Waals surface area contributed by atoms with Crippen LogP contribution in [0.1, 0.15) is 55.8 Å². The maximum absolute atomic E-state index is 12.7. The van der Waals surface area contributed by atoms with Gasteiger partial charge in [0.05, 0.1) is 22.7 Å². The van der Waals surface area contributed by atoms with E-state index in [2.05, 4.69) is 18.5 Å². The molecule has 4 rings (SSSR count). The topological polar surface area (TPSA) is 75.4 Å². The van der Waals surface area contributed by atoms with Crippen LogP contribution in [0, 0.1) is 13.8 Å². The Morgan fingerprint density at radius 2 is 1.61 bits per heavy atom. The smallest absolute Gasteiger partial charge is 0.243 e. The average molecular weight is 404 g/mol. The van der Waals surface area contributed by atoms with Gasteiger partial charge in [0.2, 0.25) is 10.0 Å². The van der Waals surface area contributed by atoms with Gasteiger partial charge in [-0.05, 0) is 70.1 Å². The van der Waals surface area contributed by atoms with E-state index in [1.54, 1.807) is 16.4 Å². The summed E-state index contributed by atoms with van der Waals surface area (Å²) in [6.45, 7) is 5.38. The Labute approximate surface area is 167 Å². The molecule has 1 aliphatic carbocycles. The molecular weight excluding hydrogens is 374 g/mol. The molecule has 0 amide bonds. The lowest BCUT2D eigenvalue weighted by Gasteiger charge is -2.26. The highest BCUT2D eigenvalue weighted by Crippen LogP contribution is 2.33. The number of rotatable bonds is 4. The largest absolute Gasteiger partial charge is 0.393 e. The molecular formula is C21H29N3O3S. The first-order valence-electron chi connectivity index (χ1n) is 10.2. The SMILES string of the molecule is Cc1c(-c2ccc(S(=O)(=O)N3CCCC3)cc2)nn(C2CCC(O)CC2)c1C. The first kappa shape index (κ1) is 19.6. The van der Waals surface area contributed by atoms with Gasteiger partial charge in [-0.2, -0.15) is 9.40 Å².